The number of amides is 1. The van der Waals surface area contributed by atoms with Gasteiger partial charge in [-0.3, -0.25) is 4.79 Å². The third kappa shape index (κ3) is 5.43. The maximum absolute atomic E-state index is 12.1. The second kappa shape index (κ2) is 9.52. The smallest absolute Gasteiger partial charge is 0.338 e. The second-order valence-corrected chi connectivity index (χ2v) is 7.36. The molecular formula is C19H16BrN3O4S. The van der Waals surface area contributed by atoms with Gasteiger partial charge in [0.05, 0.1) is 17.9 Å². The summed E-state index contributed by atoms with van der Waals surface area (Å²) in [5, 5.41) is 11.0. The van der Waals surface area contributed by atoms with Gasteiger partial charge in [0.15, 0.2) is 0 Å². The van der Waals surface area contributed by atoms with Gasteiger partial charge in [0.1, 0.15) is 0 Å². The molecule has 0 unspecified atom stereocenters. The summed E-state index contributed by atoms with van der Waals surface area (Å²) in [7, 11) is 0. The Morgan fingerprint density at radius 3 is 2.68 bits per heavy atom. The molecule has 0 bridgehead atoms. The van der Waals surface area contributed by atoms with E-state index in [1.807, 2.05) is 24.3 Å². The van der Waals surface area contributed by atoms with Crippen LogP contribution >= 0.6 is 27.7 Å². The number of esters is 1. The van der Waals surface area contributed by atoms with Crippen molar-refractivity contribution in [2.24, 2.45) is 0 Å². The van der Waals surface area contributed by atoms with E-state index < -0.39 is 5.97 Å². The summed E-state index contributed by atoms with van der Waals surface area (Å²) in [5.41, 5.74) is 1.80. The lowest BCUT2D eigenvalue weighted by molar-refractivity contribution is -0.113. The number of halogens is 1. The molecule has 0 atom stereocenters. The lowest BCUT2D eigenvalue weighted by Gasteiger charge is -2.05. The van der Waals surface area contributed by atoms with Crippen LogP contribution in [0.4, 0.5) is 5.69 Å². The third-order valence-electron chi connectivity index (χ3n) is 3.48. The van der Waals surface area contributed by atoms with Gasteiger partial charge >= 0.3 is 5.97 Å². The van der Waals surface area contributed by atoms with Crippen molar-refractivity contribution in [1.82, 2.24) is 10.2 Å². The Bertz CT molecular complexity index is 975. The van der Waals surface area contributed by atoms with Gasteiger partial charge in [-0.2, -0.15) is 0 Å². The van der Waals surface area contributed by atoms with Gasteiger partial charge in [-0.05, 0) is 49.4 Å². The van der Waals surface area contributed by atoms with E-state index in [1.165, 1.54) is 0 Å². The minimum absolute atomic E-state index is 0.111. The van der Waals surface area contributed by atoms with Crippen molar-refractivity contribution < 1.29 is 18.7 Å². The van der Waals surface area contributed by atoms with Crippen molar-refractivity contribution in [3.8, 4) is 11.5 Å². The number of aromatic nitrogens is 2. The van der Waals surface area contributed by atoms with Crippen LogP contribution in [-0.4, -0.2) is 34.4 Å². The molecule has 7 nitrogen and oxygen atoms in total. The molecule has 0 aliphatic carbocycles. The van der Waals surface area contributed by atoms with Gasteiger partial charge in [-0.15, -0.1) is 10.2 Å². The van der Waals surface area contributed by atoms with Crippen molar-refractivity contribution in [2.45, 2.75) is 12.1 Å². The second-order valence-electron chi connectivity index (χ2n) is 5.52. The highest BCUT2D eigenvalue weighted by Gasteiger charge is 2.12. The number of hydrogen-bond acceptors (Lipinski definition) is 7. The number of carbonyl (C=O) groups is 2. The minimum atomic E-state index is -0.395. The highest BCUT2D eigenvalue weighted by molar-refractivity contribution is 9.10. The average Bonchev–Trinajstić information content (AvgIpc) is 3.16. The van der Waals surface area contributed by atoms with Crippen LogP contribution in [0.15, 0.2) is 62.6 Å². The van der Waals surface area contributed by atoms with Crippen molar-refractivity contribution in [3.05, 3.63) is 58.6 Å². The molecule has 0 aliphatic rings. The molecule has 0 spiro atoms. The van der Waals surface area contributed by atoms with Crippen molar-refractivity contribution in [1.29, 1.82) is 0 Å². The first-order valence-corrected chi connectivity index (χ1v) is 10.1. The number of ether oxygens (including phenoxy) is 1. The van der Waals surface area contributed by atoms with Crippen LogP contribution in [0.2, 0.25) is 0 Å². The SMILES string of the molecule is CCOC(=O)c1ccc(NC(=O)CSc2nnc(-c3cccc(Br)c3)o2)cc1. The summed E-state index contributed by atoms with van der Waals surface area (Å²) in [5.74, 6) is -0.122. The number of thioether (sulfide) groups is 1. The van der Waals surface area contributed by atoms with E-state index in [-0.39, 0.29) is 11.7 Å². The van der Waals surface area contributed by atoms with Crippen molar-refractivity contribution >= 4 is 45.3 Å². The Morgan fingerprint density at radius 1 is 1.18 bits per heavy atom. The van der Waals surface area contributed by atoms with Gasteiger partial charge in [0.25, 0.3) is 5.22 Å². The van der Waals surface area contributed by atoms with E-state index in [2.05, 4.69) is 31.4 Å². The Morgan fingerprint density at radius 2 is 1.96 bits per heavy atom. The summed E-state index contributed by atoms with van der Waals surface area (Å²) >= 11 is 4.54. The normalized spacial score (nSPS) is 10.5. The molecule has 9 heteroatoms. The molecule has 144 valence electrons. The van der Waals surface area contributed by atoms with Gasteiger partial charge in [-0.25, -0.2) is 4.79 Å². The number of carbonyl (C=O) groups excluding carboxylic acids is 2. The molecule has 3 aromatic rings. The van der Waals surface area contributed by atoms with Crippen molar-refractivity contribution in [2.75, 3.05) is 17.7 Å². The van der Waals surface area contributed by atoms with E-state index in [0.717, 1.165) is 21.8 Å². The maximum Gasteiger partial charge on any atom is 0.338 e. The quantitative estimate of drug-likeness (QED) is 0.411. The summed E-state index contributed by atoms with van der Waals surface area (Å²) in [4.78, 5) is 23.7. The highest BCUT2D eigenvalue weighted by atomic mass is 79.9. The first-order valence-electron chi connectivity index (χ1n) is 8.34. The predicted octanol–water partition coefficient (Wildman–Crippen LogP) is 4.41. The molecule has 0 radical (unpaired) electrons. The molecule has 1 aromatic heterocycles. The van der Waals surface area contributed by atoms with Crippen LogP contribution in [0.5, 0.6) is 0 Å². The van der Waals surface area contributed by atoms with Crippen LogP contribution in [0.3, 0.4) is 0 Å². The minimum Gasteiger partial charge on any atom is -0.462 e. The predicted molar refractivity (Wildman–Crippen MR) is 109 cm³/mol. The Kier molecular flexibility index (Phi) is 6.83. The van der Waals surface area contributed by atoms with Crippen LogP contribution in [-0.2, 0) is 9.53 Å². The number of nitrogens with one attached hydrogen (secondary N) is 1. The molecule has 28 heavy (non-hydrogen) atoms. The van der Waals surface area contributed by atoms with Crippen LogP contribution in [0.1, 0.15) is 17.3 Å². The topological polar surface area (TPSA) is 94.3 Å². The average molecular weight is 462 g/mol. The number of nitrogens with zero attached hydrogens (tertiary/aromatic N) is 2. The van der Waals surface area contributed by atoms with Crippen LogP contribution < -0.4 is 5.32 Å². The zero-order valence-electron chi connectivity index (χ0n) is 14.8. The van der Waals surface area contributed by atoms with Crippen molar-refractivity contribution in [3.63, 3.8) is 0 Å². The Balaban J connectivity index is 1.53. The maximum atomic E-state index is 12.1. The number of anilines is 1. The van der Waals surface area contributed by atoms with Gasteiger partial charge in [0.2, 0.25) is 11.8 Å². The number of rotatable bonds is 7. The number of benzene rings is 2. The zero-order valence-corrected chi connectivity index (χ0v) is 17.2. The van der Waals surface area contributed by atoms with Crippen LogP contribution in [0.25, 0.3) is 11.5 Å². The van der Waals surface area contributed by atoms with E-state index in [9.17, 15) is 9.59 Å². The molecule has 0 saturated heterocycles. The summed E-state index contributed by atoms with van der Waals surface area (Å²) in [6.45, 7) is 2.06. The molecule has 0 fully saturated rings. The molecule has 2 aromatic carbocycles. The van der Waals surface area contributed by atoms with E-state index in [4.69, 9.17) is 9.15 Å². The lowest BCUT2D eigenvalue weighted by atomic mass is 10.2. The third-order valence-corrected chi connectivity index (χ3v) is 4.80. The summed E-state index contributed by atoms with van der Waals surface area (Å²) in [6.07, 6.45) is 0. The fraction of sp³-hybridized carbons (Fsp3) is 0.158. The number of hydrogen-bond donors (Lipinski definition) is 1. The van der Waals surface area contributed by atoms with E-state index >= 15 is 0 Å². The van der Waals surface area contributed by atoms with Gasteiger partial charge in [-0.1, -0.05) is 33.8 Å². The molecular weight excluding hydrogens is 446 g/mol. The molecule has 0 saturated carbocycles. The lowest BCUT2D eigenvalue weighted by Crippen LogP contribution is -2.14. The molecule has 1 amide bonds. The first kappa shape index (κ1) is 20.1. The Hall–Kier alpha value is -2.65. The molecule has 3 rings (SSSR count). The first-order chi connectivity index (χ1) is 13.5. The fourth-order valence-electron chi connectivity index (χ4n) is 2.23. The fourth-order valence-corrected chi connectivity index (χ4v) is 3.20. The van der Waals surface area contributed by atoms with Crippen LogP contribution in [0, 0.1) is 0 Å². The molecule has 1 heterocycles. The monoisotopic (exact) mass is 461 g/mol. The summed E-state index contributed by atoms with van der Waals surface area (Å²) < 4.78 is 11.4. The van der Waals surface area contributed by atoms with Gasteiger partial charge < -0.3 is 14.5 Å². The molecule has 0 aliphatic heterocycles. The Labute approximate surface area is 174 Å². The van der Waals surface area contributed by atoms with Gasteiger partial charge in [0, 0.05) is 15.7 Å². The largest absolute Gasteiger partial charge is 0.462 e. The zero-order chi connectivity index (χ0) is 19.9. The molecule has 1 N–H and O–H groups in total. The van der Waals surface area contributed by atoms with E-state index in [0.29, 0.717) is 29.0 Å². The highest BCUT2D eigenvalue weighted by Crippen LogP contribution is 2.25. The summed E-state index contributed by atoms with van der Waals surface area (Å²) in [6, 6.07) is 14.0. The van der Waals surface area contributed by atoms with E-state index in [1.54, 1.807) is 31.2 Å². The standard InChI is InChI=1S/C19H16BrN3O4S/c1-2-26-18(25)12-6-8-15(9-7-12)21-16(24)11-28-19-23-22-17(27-19)13-4-3-5-14(20)10-13/h3-10H,2,11H2,1H3,(H,21,24).